The van der Waals surface area contributed by atoms with E-state index in [1.54, 1.807) is 11.9 Å². The fourth-order valence-electron chi connectivity index (χ4n) is 3.13. The van der Waals surface area contributed by atoms with E-state index >= 15 is 0 Å². The van der Waals surface area contributed by atoms with E-state index in [1.165, 1.54) is 17.7 Å². The van der Waals surface area contributed by atoms with Crippen LogP contribution in [0.5, 0.6) is 0 Å². The van der Waals surface area contributed by atoms with Crippen molar-refractivity contribution in [2.75, 3.05) is 13.6 Å². The van der Waals surface area contributed by atoms with E-state index in [4.69, 9.17) is 0 Å². The van der Waals surface area contributed by atoms with Crippen LogP contribution in [-0.4, -0.2) is 35.3 Å². The SMILES string of the molecule is CN1CC(C(=O)NCc2cnc3c(c2)CCC3)CCC1=O. The maximum Gasteiger partial charge on any atom is 0.225 e. The van der Waals surface area contributed by atoms with Crippen molar-refractivity contribution in [1.82, 2.24) is 15.2 Å². The van der Waals surface area contributed by atoms with Crippen LogP contribution in [-0.2, 0) is 29.0 Å². The lowest BCUT2D eigenvalue weighted by Gasteiger charge is -2.28. The number of amides is 2. The summed E-state index contributed by atoms with van der Waals surface area (Å²) in [6.45, 7) is 1.04. The first-order valence-electron chi connectivity index (χ1n) is 7.62. The molecule has 3 rings (SSSR count). The number of carbonyl (C=O) groups excluding carboxylic acids is 2. The molecule has 112 valence electrons. The Hall–Kier alpha value is -1.91. The van der Waals surface area contributed by atoms with E-state index in [1.807, 2.05) is 6.20 Å². The Morgan fingerprint density at radius 2 is 2.29 bits per heavy atom. The molecule has 2 amide bonds. The van der Waals surface area contributed by atoms with E-state index in [0.717, 1.165) is 18.4 Å². The Kier molecular flexibility index (Phi) is 3.90. The second-order valence-corrected chi connectivity index (χ2v) is 6.03. The standard InChI is InChI=1S/C16H21N3O2/c1-19-10-13(5-6-15(19)20)16(21)18-9-11-7-12-3-2-4-14(12)17-8-11/h7-8,13H,2-6,9-10H2,1H3,(H,18,21). The Labute approximate surface area is 124 Å². The van der Waals surface area contributed by atoms with E-state index in [2.05, 4.69) is 16.4 Å². The molecule has 0 radical (unpaired) electrons. The predicted octanol–water partition coefficient (Wildman–Crippen LogP) is 1.05. The van der Waals surface area contributed by atoms with Gasteiger partial charge in [-0.2, -0.15) is 0 Å². The van der Waals surface area contributed by atoms with Gasteiger partial charge in [0.2, 0.25) is 11.8 Å². The molecule has 1 aliphatic heterocycles. The number of likely N-dealkylation sites (tertiary alicyclic amines) is 1. The van der Waals surface area contributed by atoms with Gasteiger partial charge < -0.3 is 10.2 Å². The van der Waals surface area contributed by atoms with Gasteiger partial charge in [0.25, 0.3) is 0 Å². The third-order valence-electron chi connectivity index (χ3n) is 4.44. The molecular weight excluding hydrogens is 266 g/mol. The molecule has 1 atom stereocenters. The normalized spacial score (nSPS) is 21.3. The number of piperidine rings is 1. The molecular formula is C16H21N3O2. The van der Waals surface area contributed by atoms with Gasteiger partial charge in [0, 0.05) is 38.4 Å². The first-order valence-corrected chi connectivity index (χ1v) is 7.62. The number of fused-ring (bicyclic) bond motifs is 1. The van der Waals surface area contributed by atoms with E-state index in [9.17, 15) is 9.59 Å². The molecule has 1 saturated heterocycles. The average Bonchev–Trinajstić information content (AvgIpc) is 2.95. The summed E-state index contributed by atoms with van der Waals surface area (Å²) in [5.74, 6) is 0.0757. The average molecular weight is 287 g/mol. The van der Waals surface area contributed by atoms with Crippen LogP contribution >= 0.6 is 0 Å². The molecule has 1 aromatic heterocycles. The zero-order chi connectivity index (χ0) is 14.8. The molecule has 5 heteroatoms. The molecule has 21 heavy (non-hydrogen) atoms. The van der Waals surface area contributed by atoms with Crippen molar-refractivity contribution in [3.63, 3.8) is 0 Å². The van der Waals surface area contributed by atoms with Crippen LogP contribution in [0.2, 0.25) is 0 Å². The molecule has 1 aromatic rings. The fourth-order valence-corrected chi connectivity index (χ4v) is 3.13. The van der Waals surface area contributed by atoms with Crippen molar-refractivity contribution in [2.24, 2.45) is 5.92 Å². The number of aryl methyl sites for hydroxylation is 2. The summed E-state index contributed by atoms with van der Waals surface area (Å²) in [6.07, 6.45) is 6.33. The third-order valence-corrected chi connectivity index (χ3v) is 4.44. The summed E-state index contributed by atoms with van der Waals surface area (Å²) >= 11 is 0. The topological polar surface area (TPSA) is 62.3 Å². The van der Waals surface area contributed by atoms with Gasteiger partial charge >= 0.3 is 0 Å². The van der Waals surface area contributed by atoms with Gasteiger partial charge in [-0.05, 0) is 36.8 Å². The fraction of sp³-hybridized carbons (Fsp3) is 0.562. The Morgan fingerprint density at radius 3 is 3.10 bits per heavy atom. The van der Waals surface area contributed by atoms with Crippen molar-refractivity contribution in [3.05, 3.63) is 29.1 Å². The highest BCUT2D eigenvalue weighted by Crippen LogP contribution is 2.20. The van der Waals surface area contributed by atoms with E-state index in [0.29, 0.717) is 25.9 Å². The van der Waals surface area contributed by atoms with Crippen LogP contribution in [0.15, 0.2) is 12.3 Å². The van der Waals surface area contributed by atoms with Gasteiger partial charge in [0.05, 0.1) is 5.92 Å². The minimum absolute atomic E-state index is 0.0369. The summed E-state index contributed by atoms with van der Waals surface area (Å²) < 4.78 is 0. The highest BCUT2D eigenvalue weighted by molar-refractivity contribution is 5.83. The second-order valence-electron chi connectivity index (χ2n) is 6.03. The molecule has 1 aliphatic carbocycles. The maximum absolute atomic E-state index is 12.2. The van der Waals surface area contributed by atoms with Crippen LogP contribution in [0.25, 0.3) is 0 Å². The molecule has 1 N–H and O–H groups in total. The molecule has 1 unspecified atom stereocenters. The Bertz CT molecular complexity index is 571. The van der Waals surface area contributed by atoms with E-state index < -0.39 is 0 Å². The lowest BCUT2D eigenvalue weighted by atomic mass is 9.97. The molecule has 1 fully saturated rings. The van der Waals surface area contributed by atoms with Crippen LogP contribution in [0, 0.1) is 5.92 Å². The van der Waals surface area contributed by atoms with E-state index in [-0.39, 0.29) is 17.7 Å². The summed E-state index contributed by atoms with van der Waals surface area (Å²) in [4.78, 5) is 29.7. The third kappa shape index (κ3) is 3.06. The van der Waals surface area contributed by atoms with Gasteiger partial charge in [0.15, 0.2) is 0 Å². The highest BCUT2D eigenvalue weighted by Gasteiger charge is 2.27. The maximum atomic E-state index is 12.2. The van der Waals surface area contributed by atoms with Crippen LogP contribution in [0.1, 0.15) is 36.1 Å². The van der Waals surface area contributed by atoms with Gasteiger partial charge in [0.1, 0.15) is 0 Å². The zero-order valence-electron chi connectivity index (χ0n) is 12.4. The van der Waals surface area contributed by atoms with Crippen LogP contribution in [0.4, 0.5) is 0 Å². The lowest BCUT2D eigenvalue weighted by molar-refractivity contribution is -0.136. The van der Waals surface area contributed by atoms with Crippen molar-refractivity contribution >= 4 is 11.8 Å². The quantitative estimate of drug-likeness (QED) is 0.904. The first kappa shape index (κ1) is 14.0. The summed E-state index contributed by atoms with van der Waals surface area (Å²) in [6, 6.07) is 2.16. The summed E-state index contributed by atoms with van der Waals surface area (Å²) in [7, 11) is 1.76. The van der Waals surface area contributed by atoms with Crippen molar-refractivity contribution in [2.45, 2.75) is 38.6 Å². The number of hydrogen-bond donors (Lipinski definition) is 1. The molecule has 2 heterocycles. The lowest BCUT2D eigenvalue weighted by Crippen LogP contribution is -2.43. The largest absolute Gasteiger partial charge is 0.352 e. The number of aromatic nitrogens is 1. The number of nitrogens with zero attached hydrogens (tertiary/aromatic N) is 2. The molecule has 5 nitrogen and oxygen atoms in total. The minimum Gasteiger partial charge on any atom is -0.352 e. The zero-order valence-corrected chi connectivity index (χ0v) is 12.4. The van der Waals surface area contributed by atoms with Crippen molar-refractivity contribution < 1.29 is 9.59 Å². The van der Waals surface area contributed by atoms with Crippen molar-refractivity contribution in [3.8, 4) is 0 Å². The minimum atomic E-state index is -0.0879. The highest BCUT2D eigenvalue weighted by atomic mass is 16.2. The molecule has 0 bridgehead atoms. The Morgan fingerprint density at radius 1 is 1.43 bits per heavy atom. The monoisotopic (exact) mass is 287 g/mol. The summed E-state index contributed by atoms with van der Waals surface area (Å²) in [5, 5.41) is 2.98. The predicted molar refractivity (Wildman–Crippen MR) is 78.5 cm³/mol. The van der Waals surface area contributed by atoms with Crippen LogP contribution in [0.3, 0.4) is 0 Å². The number of rotatable bonds is 3. The number of nitrogens with one attached hydrogen (secondary N) is 1. The molecule has 2 aliphatic rings. The number of carbonyl (C=O) groups is 2. The van der Waals surface area contributed by atoms with Gasteiger partial charge in [-0.15, -0.1) is 0 Å². The molecule has 0 saturated carbocycles. The van der Waals surface area contributed by atoms with Gasteiger partial charge in [-0.25, -0.2) is 0 Å². The Balaban J connectivity index is 1.55. The van der Waals surface area contributed by atoms with Crippen molar-refractivity contribution in [1.29, 1.82) is 0 Å². The van der Waals surface area contributed by atoms with Crippen LogP contribution < -0.4 is 5.32 Å². The van der Waals surface area contributed by atoms with Gasteiger partial charge in [-0.3, -0.25) is 14.6 Å². The number of hydrogen-bond acceptors (Lipinski definition) is 3. The van der Waals surface area contributed by atoms with Gasteiger partial charge in [-0.1, -0.05) is 6.07 Å². The second kappa shape index (κ2) is 5.84. The molecule has 0 spiro atoms. The summed E-state index contributed by atoms with van der Waals surface area (Å²) in [5.41, 5.74) is 3.59. The first-order chi connectivity index (χ1) is 10.1. The smallest absolute Gasteiger partial charge is 0.225 e. The molecule has 0 aromatic carbocycles. The number of pyridine rings is 1.